The average molecular weight is 268 g/mol. The lowest BCUT2D eigenvalue weighted by Gasteiger charge is -2.27. The highest BCUT2D eigenvalue weighted by atomic mass is 35.5. The van der Waals surface area contributed by atoms with Crippen LogP contribution >= 0.6 is 11.6 Å². The normalized spacial score (nSPS) is 23.9. The number of halogens is 1. The summed E-state index contributed by atoms with van der Waals surface area (Å²) < 4.78 is 5.16. The zero-order valence-electron chi connectivity index (χ0n) is 11.2. The standard InChI is InChI=1S/C15H22ClNO/c1-11-4-3-5-13(8-11)17-10-12-6-7-15(18-2)14(16)9-12/h6-7,9,11,13,17H,3-5,8,10H2,1-2H3. The third kappa shape index (κ3) is 3.63. The molecule has 0 saturated heterocycles. The van der Waals surface area contributed by atoms with Crippen molar-refractivity contribution in [2.45, 2.75) is 45.2 Å². The van der Waals surface area contributed by atoms with Gasteiger partial charge in [0.1, 0.15) is 5.75 Å². The molecular weight excluding hydrogens is 246 g/mol. The number of hydrogen-bond donors (Lipinski definition) is 1. The van der Waals surface area contributed by atoms with Crippen molar-refractivity contribution in [1.82, 2.24) is 5.32 Å². The number of nitrogens with one attached hydrogen (secondary N) is 1. The maximum Gasteiger partial charge on any atom is 0.137 e. The Morgan fingerprint density at radius 3 is 2.89 bits per heavy atom. The van der Waals surface area contributed by atoms with Gasteiger partial charge >= 0.3 is 0 Å². The summed E-state index contributed by atoms with van der Waals surface area (Å²) in [4.78, 5) is 0. The highest BCUT2D eigenvalue weighted by Gasteiger charge is 2.18. The Labute approximate surface area is 115 Å². The van der Waals surface area contributed by atoms with Gasteiger partial charge in [-0.2, -0.15) is 0 Å². The van der Waals surface area contributed by atoms with Crippen molar-refractivity contribution >= 4 is 11.6 Å². The van der Waals surface area contributed by atoms with Crippen LogP contribution in [0.2, 0.25) is 5.02 Å². The molecule has 1 fully saturated rings. The van der Waals surface area contributed by atoms with Gasteiger partial charge in [-0.1, -0.05) is 37.4 Å². The van der Waals surface area contributed by atoms with Gasteiger partial charge in [0.2, 0.25) is 0 Å². The van der Waals surface area contributed by atoms with Crippen LogP contribution in [-0.4, -0.2) is 13.2 Å². The lowest BCUT2D eigenvalue weighted by atomic mass is 9.87. The van der Waals surface area contributed by atoms with E-state index in [1.165, 1.54) is 31.2 Å². The molecule has 0 aromatic heterocycles. The van der Waals surface area contributed by atoms with Gasteiger partial charge in [0.05, 0.1) is 12.1 Å². The summed E-state index contributed by atoms with van der Waals surface area (Å²) in [6.07, 6.45) is 5.33. The third-order valence-corrected chi connectivity index (χ3v) is 4.04. The molecule has 0 radical (unpaired) electrons. The molecule has 1 aliphatic carbocycles. The Bertz CT molecular complexity index is 394. The second-order valence-electron chi connectivity index (χ2n) is 5.32. The summed E-state index contributed by atoms with van der Waals surface area (Å²) in [7, 11) is 1.64. The van der Waals surface area contributed by atoms with Crippen molar-refractivity contribution in [3.8, 4) is 5.75 Å². The Morgan fingerprint density at radius 1 is 1.39 bits per heavy atom. The van der Waals surface area contributed by atoms with E-state index < -0.39 is 0 Å². The smallest absolute Gasteiger partial charge is 0.137 e. The number of benzene rings is 1. The molecule has 1 N–H and O–H groups in total. The maximum atomic E-state index is 6.12. The lowest BCUT2D eigenvalue weighted by Crippen LogP contribution is -2.33. The van der Waals surface area contributed by atoms with Gasteiger partial charge in [0.25, 0.3) is 0 Å². The second kappa shape index (κ2) is 6.44. The van der Waals surface area contributed by atoms with E-state index in [-0.39, 0.29) is 0 Å². The molecule has 1 aromatic rings. The Kier molecular flexibility index (Phi) is 4.90. The quantitative estimate of drug-likeness (QED) is 0.890. The number of methoxy groups -OCH3 is 1. The number of rotatable bonds is 4. The van der Waals surface area contributed by atoms with Gasteiger partial charge in [-0.15, -0.1) is 0 Å². The van der Waals surface area contributed by atoms with E-state index in [0.717, 1.165) is 18.2 Å². The van der Waals surface area contributed by atoms with Gasteiger partial charge in [0.15, 0.2) is 0 Å². The van der Waals surface area contributed by atoms with E-state index in [0.29, 0.717) is 11.1 Å². The predicted molar refractivity (Wildman–Crippen MR) is 76.3 cm³/mol. The Balaban J connectivity index is 1.88. The summed E-state index contributed by atoms with van der Waals surface area (Å²) in [5.74, 6) is 1.60. The Morgan fingerprint density at radius 2 is 2.22 bits per heavy atom. The van der Waals surface area contributed by atoms with Crippen LogP contribution in [0.25, 0.3) is 0 Å². The molecule has 1 saturated carbocycles. The number of hydrogen-bond acceptors (Lipinski definition) is 2. The van der Waals surface area contributed by atoms with E-state index in [1.54, 1.807) is 7.11 Å². The molecule has 18 heavy (non-hydrogen) atoms. The molecule has 0 aliphatic heterocycles. The SMILES string of the molecule is COc1ccc(CNC2CCCC(C)C2)cc1Cl. The predicted octanol–water partition coefficient (Wildman–Crippen LogP) is 4.02. The van der Waals surface area contributed by atoms with Crippen LogP contribution in [0.3, 0.4) is 0 Å². The average Bonchev–Trinajstić information content (AvgIpc) is 2.37. The minimum atomic E-state index is 0.662. The number of ether oxygens (including phenoxy) is 1. The summed E-state index contributed by atoms with van der Waals surface area (Å²) in [5, 5.41) is 4.32. The second-order valence-corrected chi connectivity index (χ2v) is 5.73. The lowest BCUT2D eigenvalue weighted by molar-refractivity contribution is 0.300. The van der Waals surface area contributed by atoms with Crippen LogP contribution in [0.1, 0.15) is 38.2 Å². The van der Waals surface area contributed by atoms with Crippen molar-refractivity contribution in [1.29, 1.82) is 0 Å². The van der Waals surface area contributed by atoms with Crippen LogP contribution in [0.5, 0.6) is 5.75 Å². The summed E-state index contributed by atoms with van der Waals surface area (Å²) in [6, 6.07) is 6.65. The van der Waals surface area contributed by atoms with Crippen molar-refractivity contribution in [3.63, 3.8) is 0 Å². The molecule has 3 heteroatoms. The van der Waals surface area contributed by atoms with Crippen LogP contribution in [0, 0.1) is 5.92 Å². The summed E-state index contributed by atoms with van der Waals surface area (Å²) in [5.41, 5.74) is 1.22. The maximum absolute atomic E-state index is 6.12. The minimum Gasteiger partial charge on any atom is -0.495 e. The van der Waals surface area contributed by atoms with E-state index in [1.807, 2.05) is 12.1 Å². The molecule has 100 valence electrons. The molecule has 0 amide bonds. The molecular formula is C15H22ClNO. The largest absolute Gasteiger partial charge is 0.495 e. The first-order chi connectivity index (χ1) is 8.69. The van der Waals surface area contributed by atoms with Crippen LogP contribution in [0.15, 0.2) is 18.2 Å². The van der Waals surface area contributed by atoms with Crippen molar-refractivity contribution in [2.75, 3.05) is 7.11 Å². The fourth-order valence-corrected chi connectivity index (χ4v) is 2.98. The molecule has 0 heterocycles. The molecule has 2 atom stereocenters. The topological polar surface area (TPSA) is 21.3 Å². The summed E-state index contributed by atoms with van der Waals surface area (Å²) >= 11 is 6.12. The first-order valence-electron chi connectivity index (χ1n) is 6.75. The monoisotopic (exact) mass is 267 g/mol. The van der Waals surface area contributed by atoms with Gasteiger partial charge < -0.3 is 10.1 Å². The fraction of sp³-hybridized carbons (Fsp3) is 0.600. The van der Waals surface area contributed by atoms with E-state index in [4.69, 9.17) is 16.3 Å². The van der Waals surface area contributed by atoms with E-state index in [2.05, 4.69) is 18.3 Å². The molecule has 0 bridgehead atoms. The van der Waals surface area contributed by atoms with Crippen molar-refractivity contribution < 1.29 is 4.74 Å². The Hall–Kier alpha value is -0.730. The van der Waals surface area contributed by atoms with E-state index in [9.17, 15) is 0 Å². The van der Waals surface area contributed by atoms with Gasteiger partial charge in [-0.25, -0.2) is 0 Å². The molecule has 2 unspecified atom stereocenters. The third-order valence-electron chi connectivity index (χ3n) is 3.75. The molecule has 1 aromatic carbocycles. The van der Waals surface area contributed by atoms with E-state index >= 15 is 0 Å². The highest BCUT2D eigenvalue weighted by molar-refractivity contribution is 6.32. The summed E-state index contributed by atoms with van der Waals surface area (Å²) in [6.45, 7) is 3.24. The highest BCUT2D eigenvalue weighted by Crippen LogP contribution is 2.26. The molecule has 0 spiro atoms. The van der Waals surface area contributed by atoms with Gasteiger partial charge in [-0.3, -0.25) is 0 Å². The van der Waals surface area contributed by atoms with Crippen LogP contribution in [-0.2, 0) is 6.54 Å². The van der Waals surface area contributed by atoms with Gasteiger partial charge in [-0.05, 0) is 36.5 Å². The minimum absolute atomic E-state index is 0.662. The fourth-order valence-electron chi connectivity index (χ4n) is 2.70. The molecule has 1 aliphatic rings. The molecule has 2 nitrogen and oxygen atoms in total. The zero-order chi connectivity index (χ0) is 13.0. The first-order valence-corrected chi connectivity index (χ1v) is 7.12. The zero-order valence-corrected chi connectivity index (χ0v) is 12.0. The molecule has 2 rings (SSSR count). The van der Waals surface area contributed by atoms with Crippen molar-refractivity contribution in [2.24, 2.45) is 5.92 Å². The van der Waals surface area contributed by atoms with Gasteiger partial charge in [0, 0.05) is 12.6 Å². The van der Waals surface area contributed by atoms with Crippen LogP contribution < -0.4 is 10.1 Å². The van der Waals surface area contributed by atoms with Crippen LogP contribution in [0.4, 0.5) is 0 Å². The first kappa shape index (κ1) is 13.7. The van der Waals surface area contributed by atoms with Crippen molar-refractivity contribution in [3.05, 3.63) is 28.8 Å².